The summed E-state index contributed by atoms with van der Waals surface area (Å²) < 4.78 is 6.26. The fourth-order valence-corrected chi connectivity index (χ4v) is 3.19. The highest BCUT2D eigenvalue weighted by Gasteiger charge is 2.32. The zero-order valence-corrected chi connectivity index (χ0v) is 12.6. The Bertz CT molecular complexity index is 427. The van der Waals surface area contributed by atoms with Crippen molar-refractivity contribution in [2.75, 3.05) is 5.73 Å². The molecule has 0 radical (unpaired) electrons. The molecule has 106 valence electrons. The van der Waals surface area contributed by atoms with Gasteiger partial charge in [-0.1, -0.05) is 33.3 Å². The lowest BCUT2D eigenvalue weighted by atomic mass is 9.75. The maximum atomic E-state index is 6.26. The molecule has 1 aliphatic rings. The van der Waals surface area contributed by atoms with Crippen LogP contribution < -0.4 is 10.5 Å². The maximum Gasteiger partial charge on any atom is 0.142 e. The van der Waals surface area contributed by atoms with Crippen molar-refractivity contribution in [1.29, 1.82) is 0 Å². The lowest BCUT2D eigenvalue weighted by molar-refractivity contribution is 0.0466. The lowest BCUT2D eigenvalue weighted by Crippen LogP contribution is -2.36. The third kappa shape index (κ3) is 3.43. The van der Waals surface area contributed by atoms with E-state index in [1.54, 1.807) is 0 Å². The Labute approximate surface area is 117 Å². The molecule has 0 aromatic heterocycles. The topological polar surface area (TPSA) is 35.2 Å². The van der Waals surface area contributed by atoms with Gasteiger partial charge in [-0.2, -0.15) is 0 Å². The van der Waals surface area contributed by atoms with E-state index >= 15 is 0 Å². The molecule has 3 atom stereocenters. The molecule has 1 saturated carbocycles. The van der Waals surface area contributed by atoms with E-state index in [1.165, 1.54) is 18.4 Å². The van der Waals surface area contributed by atoms with E-state index in [4.69, 9.17) is 10.5 Å². The van der Waals surface area contributed by atoms with Crippen LogP contribution in [-0.4, -0.2) is 6.10 Å². The molecule has 19 heavy (non-hydrogen) atoms. The van der Waals surface area contributed by atoms with Crippen molar-refractivity contribution in [2.24, 2.45) is 17.8 Å². The molecular weight excluding hydrogens is 234 g/mol. The Hall–Kier alpha value is -1.18. The molecule has 2 nitrogen and oxygen atoms in total. The maximum absolute atomic E-state index is 6.26. The van der Waals surface area contributed by atoms with Gasteiger partial charge in [-0.3, -0.25) is 0 Å². The Morgan fingerprint density at radius 3 is 2.63 bits per heavy atom. The second-order valence-corrected chi connectivity index (χ2v) is 6.52. The Morgan fingerprint density at radius 2 is 2.00 bits per heavy atom. The van der Waals surface area contributed by atoms with Crippen LogP contribution in [0.3, 0.4) is 0 Å². The number of benzene rings is 1. The number of aryl methyl sites for hydroxylation is 1. The molecule has 0 amide bonds. The summed E-state index contributed by atoms with van der Waals surface area (Å²) in [6.45, 7) is 8.98. The molecule has 1 aromatic carbocycles. The molecule has 1 aromatic rings. The fraction of sp³-hybridized carbons (Fsp3) is 0.647. The molecule has 1 fully saturated rings. The van der Waals surface area contributed by atoms with Crippen LogP contribution in [0.4, 0.5) is 5.69 Å². The molecule has 3 unspecified atom stereocenters. The molecule has 0 spiro atoms. The number of hydrogen-bond donors (Lipinski definition) is 1. The van der Waals surface area contributed by atoms with Crippen LogP contribution in [0.1, 0.15) is 45.6 Å². The quantitative estimate of drug-likeness (QED) is 0.818. The van der Waals surface area contributed by atoms with Gasteiger partial charge in [0.1, 0.15) is 11.9 Å². The van der Waals surface area contributed by atoms with E-state index in [0.29, 0.717) is 17.9 Å². The molecule has 2 rings (SSSR count). The van der Waals surface area contributed by atoms with E-state index in [9.17, 15) is 0 Å². The number of hydrogen-bond acceptors (Lipinski definition) is 2. The smallest absolute Gasteiger partial charge is 0.142 e. The first-order valence-corrected chi connectivity index (χ1v) is 7.50. The van der Waals surface area contributed by atoms with Crippen LogP contribution in [0.2, 0.25) is 0 Å². The van der Waals surface area contributed by atoms with Gasteiger partial charge in [-0.25, -0.2) is 0 Å². The first-order chi connectivity index (χ1) is 8.97. The number of rotatable bonds is 3. The highest BCUT2D eigenvalue weighted by atomic mass is 16.5. The van der Waals surface area contributed by atoms with Crippen LogP contribution in [0.5, 0.6) is 5.75 Å². The van der Waals surface area contributed by atoms with E-state index in [2.05, 4.69) is 33.8 Å². The summed E-state index contributed by atoms with van der Waals surface area (Å²) in [6, 6.07) is 6.08. The molecule has 2 heteroatoms. The molecule has 0 saturated heterocycles. The van der Waals surface area contributed by atoms with Gasteiger partial charge in [0, 0.05) is 0 Å². The van der Waals surface area contributed by atoms with Crippen molar-refractivity contribution in [3.63, 3.8) is 0 Å². The van der Waals surface area contributed by atoms with Crippen LogP contribution in [0.25, 0.3) is 0 Å². The van der Waals surface area contributed by atoms with Crippen LogP contribution >= 0.6 is 0 Å². The van der Waals surface area contributed by atoms with Crippen molar-refractivity contribution in [3.05, 3.63) is 23.8 Å². The minimum Gasteiger partial charge on any atom is -0.488 e. The number of ether oxygens (including phenoxy) is 1. The minimum atomic E-state index is 0.314. The third-order valence-corrected chi connectivity index (χ3v) is 4.40. The predicted octanol–water partition coefficient (Wildman–Crippen LogP) is 4.42. The summed E-state index contributed by atoms with van der Waals surface area (Å²) in [6.07, 6.45) is 4.06. The summed E-state index contributed by atoms with van der Waals surface area (Å²) in [4.78, 5) is 0. The standard InChI is InChI=1S/C17H27NO/c1-11(2)14-7-5-13(4)10-17(14)19-16-8-6-12(3)9-15(16)18/h6,8-9,11,13-14,17H,5,7,10,18H2,1-4H3. The summed E-state index contributed by atoms with van der Waals surface area (Å²) >= 11 is 0. The molecule has 0 aliphatic heterocycles. The first kappa shape index (κ1) is 14.2. The Kier molecular flexibility index (Phi) is 4.38. The van der Waals surface area contributed by atoms with Gasteiger partial charge in [-0.05, 0) is 55.2 Å². The van der Waals surface area contributed by atoms with Gasteiger partial charge in [0.05, 0.1) is 5.69 Å². The lowest BCUT2D eigenvalue weighted by Gasteiger charge is -2.37. The molecule has 2 N–H and O–H groups in total. The van der Waals surface area contributed by atoms with Gasteiger partial charge in [0.15, 0.2) is 0 Å². The van der Waals surface area contributed by atoms with Gasteiger partial charge < -0.3 is 10.5 Å². The summed E-state index contributed by atoms with van der Waals surface area (Å²) in [5, 5.41) is 0. The Balaban J connectivity index is 2.14. The van der Waals surface area contributed by atoms with Crippen molar-refractivity contribution in [1.82, 2.24) is 0 Å². The minimum absolute atomic E-state index is 0.314. The van der Waals surface area contributed by atoms with E-state index in [-0.39, 0.29) is 0 Å². The van der Waals surface area contributed by atoms with Crippen molar-refractivity contribution in [3.8, 4) is 5.75 Å². The second kappa shape index (κ2) is 5.85. The SMILES string of the molecule is Cc1ccc(OC2CC(C)CCC2C(C)C)c(N)c1. The fourth-order valence-electron chi connectivity index (χ4n) is 3.19. The van der Waals surface area contributed by atoms with Gasteiger partial charge >= 0.3 is 0 Å². The van der Waals surface area contributed by atoms with Crippen LogP contribution in [-0.2, 0) is 0 Å². The number of nitrogen functional groups attached to an aromatic ring is 1. The van der Waals surface area contributed by atoms with Crippen LogP contribution in [0, 0.1) is 24.7 Å². The normalized spacial score (nSPS) is 27.5. The molecule has 0 bridgehead atoms. The van der Waals surface area contributed by atoms with Crippen molar-refractivity contribution < 1.29 is 4.74 Å². The van der Waals surface area contributed by atoms with Gasteiger partial charge in [0.2, 0.25) is 0 Å². The third-order valence-electron chi connectivity index (χ3n) is 4.40. The highest BCUT2D eigenvalue weighted by molar-refractivity contribution is 5.54. The van der Waals surface area contributed by atoms with E-state index < -0.39 is 0 Å². The zero-order valence-electron chi connectivity index (χ0n) is 12.6. The second-order valence-electron chi connectivity index (χ2n) is 6.52. The summed E-state index contributed by atoms with van der Waals surface area (Å²) in [7, 11) is 0. The zero-order chi connectivity index (χ0) is 14.0. The highest BCUT2D eigenvalue weighted by Crippen LogP contribution is 2.37. The molecule has 1 aliphatic carbocycles. The van der Waals surface area contributed by atoms with Gasteiger partial charge in [-0.15, -0.1) is 0 Å². The first-order valence-electron chi connectivity index (χ1n) is 7.50. The Morgan fingerprint density at radius 1 is 1.26 bits per heavy atom. The predicted molar refractivity (Wildman–Crippen MR) is 81.4 cm³/mol. The van der Waals surface area contributed by atoms with Crippen LogP contribution in [0.15, 0.2) is 18.2 Å². The number of nitrogens with two attached hydrogens (primary N) is 1. The average Bonchev–Trinajstić information content (AvgIpc) is 2.32. The summed E-state index contributed by atoms with van der Waals surface area (Å²) in [5.74, 6) is 2.93. The largest absolute Gasteiger partial charge is 0.488 e. The molecular formula is C17H27NO. The van der Waals surface area contributed by atoms with Gasteiger partial charge in [0.25, 0.3) is 0 Å². The number of anilines is 1. The molecule has 0 heterocycles. The van der Waals surface area contributed by atoms with Crippen molar-refractivity contribution >= 4 is 5.69 Å². The van der Waals surface area contributed by atoms with E-state index in [1.807, 2.05) is 12.1 Å². The van der Waals surface area contributed by atoms with E-state index in [0.717, 1.165) is 23.8 Å². The van der Waals surface area contributed by atoms with Crippen molar-refractivity contribution in [2.45, 2.75) is 53.1 Å². The monoisotopic (exact) mass is 261 g/mol. The summed E-state index contributed by atoms with van der Waals surface area (Å²) in [5.41, 5.74) is 8.02. The average molecular weight is 261 g/mol.